The summed E-state index contributed by atoms with van der Waals surface area (Å²) in [5.41, 5.74) is 1.80. The summed E-state index contributed by atoms with van der Waals surface area (Å²) in [7, 11) is 0. The summed E-state index contributed by atoms with van der Waals surface area (Å²) in [6.45, 7) is 4.43. The number of aromatic nitrogens is 2. The fourth-order valence-electron chi connectivity index (χ4n) is 2.75. The number of rotatable bonds is 3. The van der Waals surface area contributed by atoms with Crippen LogP contribution in [0.5, 0.6) is 0 Å². The molecule has 1 heterocycles. The number of amides is 1. The molecule has 1 amide bonds. The Kier molecular flexibility index (Phi) is 3.15. The molecule has 1 N–H and O–H groups in total. The van der Waals surface area contributed by atoms with E-state index >= 15 is 0 Å². The van der Waals surface area contributed by atoms with E-state index in [0.29, 0.717) is 6.04 Å². The molecule has 20 heavy (non-hydrogen) atoms. The van der Waals surface area contributed by atoms with Gasteiger partial charge in [0.15, 0.2) is 0 Å². The minimum absolute atomic E-state index is 0.0475. The lowest BCUT2D eigenvalue weighted by molar-refractivity contribution is -0.121. The van der Waals surface area contributed by atoms with E-state index in [1.54, 1.807) is 0 Å². The Morgan fingerprint density at radius 1 is 1.50 bits per heavy atom. The fourth-order valence-corrected chi connectivity index (χ4v) is 2.75. The highest BCUT2D eigenvalue weighted by Crippen LogP contribution is 2.32. The number of hydrogen-bond donors (Lipinski definition) is 1. The van der Waals surface area contributed by atoms with Gasteiger partial charge in [-0.25, -0.2) is 4.98 Å². The molecule has 0 bridgehead atoms. The van der Waals surface area contributed by atoms with Crippen LogP contribution in [-0.2, 0) is 24.2 Å². The van der Waals surface area contributed by atoms with Gasteiger partial charge < -0.3 is 5.32 Å². The summed E-state index contributed by atoms with van der Waals surface area (Å²) < 4.78 is 1.44. The van der Waals surface area contributed by atoms with Gasteiger partial charge in [0.2, 0.25) is 5.91 Å². The number of carbonyl (C=O) groups is 1. The maximum absolute atomic E-state index is 12.5. The molecule has 0 radical (unpaired) electrons. The minimum Gasteiger partial charge on any atom is -0.352 e. The van der Waals surface area contributed by atoms with Crippen molar-refractivity contribution in [2.24, 2.45) is 5.41 Å². The van der Waals surface area contributed by atoms with Crippen molar-refractivity contribution in [3.63, 3.8) is 0 Å². The molecule has 0 unspecified atom stereocenters. The van der Waals surface area contributed by atoms with Crippen LogP contribution in [0.15, 0.2) is 11.1 Å². The SMILES string of the molecule is CC1(C)CCc2ncn(CC(=O)NC3CC3)c(=O)c2C1. The van der Waals surface area contributed by atoms with Crippen LogP contribution in [0, 0.1) is 5.41 Å². The zero-order valence-corrected chi connectivity index (χ0v) is 12.1. The van der Waals surface area contributed by atoms with Gasteiger partial charge in [-0.1, -0.05) is 13.8 Å². The molecule has 2 aliphatic carbocycles. The Morgan fingerprint density at radius 2 is 2.25 bits per heavy atom. The third-order valence-corrected chi connectivity index (χ3v) is 4.17. The Bertz CT molecular complexity index is 600. The zero-order chi connectivity index (χ0) is 14.3. The lowest BCUT2D eigenvalue weighted by Gasteiger charge is -2.30. The van der Waals surface area contributed by atoms with Crippen LogP contribution in [0.4, 0.5) is 0 Å². The van der Waals surface area contributed by atoms with E-state index in [0.717, 1.165) is 43.4 Å². The van der Waals surface area contributed by atoms with E-state index in [4.69, 9.17) is 0 Å². The van der Waals surface area contributed by atoms with E-state index in [-0.39, 0.29) is 23.4 Å². The molecule has 2 aliphatic rings. The Hall–Kier alpha value is -1.65. The van der Waals surface area contributed by atoms with Gasteiger partial charge in [0, 0.05) is 11.6 Å². The highest BCUT2D eigenvalue weighted by atomic mass is 16.2. The predicted octanol–water partition coefficient (Wildman–Crippen LogP) is 1.04. The van der Waals surface area contributed by atoms with Gasteiger partial charge in [-0.2, -0.15) is 0 Å². The van der Waals surface area contributed by atoms with Crippen LogP contribution in [0.3, 0.4) is 0 Å². The Labute approximate surface area is 118 Å². The van der Waals surface area contributed by atoms with E-state index in [2.05, 4.69) is 24.1 Å². The highest BCUT2D eigenvalue weighted by molar-refractivity contribution is 5.76. The molecule has 3 rings (SSSR count). The van der Waals surface area contributed by atoms with Crippen molar-refractivity contribution in [3.8, 4) is 0 Å². The first-order chi connectivity index (χ1) is 9.44. The summed E-state index contributed by atoms with van der Waals surface area (Å²) in [6, 6.07) is 0.322. The average Bonchev–Trinajstić information content (AvgIpc) is 3.16. The van der Waals surface area contributed by atoms with E-state index < -0.39 is 0 Å². The van der Waals surface area contributed by atoms with Crippen LogP contribution < -0.4 is 10.9 Å². The Morgan fingerprint density at radius 3 is 2.95 bits per heavy atom. The first-order valence-electron chi connectivity index (χ1n) is 7.31. The van der Waals surface area contributed by atoms with Crippen LogP contribution in [0.25, 0.3) is 0 Å². The fraction of sp³-hybridized carbons (Fsp3) is 0.667. The molecule has 0 aliphatic heterocycles. The summed E-state index contributed by atoms with van der Waals surface area (Å²) in [5, 5.41) is 2.90. The molecule has 5 heteroatoms. The van der Waals surface area contributed by atoms with Crippen LogP contribution >= 0.6 is 0 Å². The topological polar surface area (TPSA) is 64.0 Å². The van der Waals surface area contributed by atoms with Crippen molar-refractivity contribution in [1.82, 2.24) is 14.9 Å². The molecule has 1 saturated carbocycles. The summed E-state index contributed by atoms with van der Waals surface area (Å²) in [4.78, 5) is 28.7. The van der Waals surface area contributed by atoms with Crippen LogP contribution in [0.1, 0.15) is 44.4 Å². The van der Waals surface area contributed by atoms with Gasteiger partial charge in [-0.15, -0.1) is 0 Å². The van der Waals surface area contributed by atoms with E-state index in [1.165, 1.54) is 10.9 Å². The normalized spacial score (nSPS) is 20.3. The monoisotopic (exact) mass is 275 g/mol. The molecule has 1 fully saturated rings. The molecule has 0 saturated heterocycles. The number of fused-ring (bicyclic) bond motifs is 1. The van der Waals surface area contributed by atoms with Gasteiger partial charge in [-0.05, 0) is 37.5 Å². The highest BCUT2D eigenvalue weighted by Gasteiger charge is 2.29. The predicted molar refractivity (Wildman–Crippen MR) is 75.5 cm³/mol. The maximum Gasteiger partial charge on any atom is 0.257 e. The second-order valence-electron chi connectivity index (χ2n) is 6.79. The molecule has 1 aromatic heterocycles. The smallest absolute Gasteiger partial charge is 0.257 e. The molecule has 0 atom stereocenters. The van der Waals surface area contributed by atoms with Gasteiger partial charge >= 0.3 is 0 Å². The standard InChI is InChI=1S/C15H21N3O2/c1-15(2)6-5-12-11(7-15)14(20)18(9-16-12)8-13(19)17-10-3-4-10/h9-10H,3-8H2,1-2H3,(H,17,19). The summed E-state index contributed by atoms with van der Waals surface area (Å²) >= 11 is 0. The lowest BCUT2D eigenvalue weighted by Crippen LogP contribution is -2.37. The number of aryl methyl sites for hydroxylation is 1. The number of carbonyl (C=O) groups excluding carboxylic acids is 1. The second-order valence-corrected chi connectivity index (χ2v) is 6.79. The van der Waals surface area contributed by atoms with Crippen LogP contribution in [0.2, 0.25) is 0 Å². The third kappa shape index (κ3) is 2.76. The van der Waals surface area contributed by atoms with E-state index in [9.17, 15) is 9.59 Å². The molecule has 0 spiro atoms. The Balaban J connectivity index is 1.82. The first kappa shape index (κ1) is 13.3. The second kappa shape index (κ2) is 4.72. The first-order valence-corrected chi connectivity index (χ1v) is 7.31. The molecule has 0 aromatic carbocycles. The molecular weight excluding hydrogens is 254 g/mol. The summed E-state index contributed by atoms with van der Waals surface area (Å²) in [5.74, 6) is -0.0913. The van der Waals surface area contributed by atoms with Gasteiger partial charge in [0.1, 0.15) is 6.54 Å². The van der Waals surface area contributed by atoms with Crippen molar-refractivity contribution in [3.05, 3.63) is 27.9 Å². The quantitative estimate of drug-likeness (QED) is 0.896. The molecule has 5 nitrogen and oxygen atoms in total. The van der Waals surface area contributed by atoms with Crippen molar-refractivity contribution in [2.75, 3.05) is 0 Å². The zero-order valence-electron chi connectivity index (χ0n) is 12.1. The minimum atomic E-state index is -0.0913. The number of nitrogens with zero attached hydrogens (tertiary/aromatic N) is 2. The van der Waals surface area contributed by atoms with E-state index in [1.807, 2.05) is 0 Å². The van der Waals surface area contributed by atoms with Crippen LogP contribution in [-0.4, -0.2) is 21.5 Å². The van der Waals surface area contributed by atoms with Crippen molar-refractivity contribution >= 4 is 5.91 Å². The molecule has 1 aromatic rings. The van der Waals surface area contributed by atoms with Crippen molar-refractivity contribution in [1.29, 1.82) is 0 Å². The number of nitrogens with one attached hydrogen (secondary N) is 1. The average molecular weight is 275 g/mol. The van der Waals surface area contributed by atoms with Gasteiger partial charge in [0.05, 0.1) is 12.0 Å². The summed E-state index contributed by atoms with van der Waals surface area (Å²) in [6.07, 6.45) is 6.28. The van der Waals surface area contributed by atoms with Gasteiger partial charge in [-0.3, -0.25) is 14.2 Å². The molecule has 108 valence electrons. The third-order valence-electron chi connectivity index (χ3n) is 4.17. The van der Waals surface area contributed by atoms with Crippen molar-refractivity contribution < 1.29 is 4.79 Å². The number of hydrogen-bond acceptors (Lipinski definition) is 3. The van der Waals surface area contributed by atoms with Gasteiger partial charge in [0.25, 0.3) is 5.56 Å². The maximum atomic E-state index is 12.5. The lowest BCUT2D eigenvalue weighted by atomic mass is 9.76. The molecular formula is C15H21N3O2. The largest absolute Gasteiger partial charge is 0.352 e. The van der Waals surface area contributed by atoms with Crippen molar-refractivity contribution in [2.45, 2.75) is 58.5 Å².